The van der Waals surface area contributed by atoms with Crippen LogP contribution in [-0.4, -0.2) is 16.7 Å². The maximum absolute atomic E-state index is 12.3. The number of benzene rings is 2. The summed E-state index contributed by atoms with van der Waals surface area (Å²) in [6.07, 6.45) is 0.528. The van der Waals surface area contributed by atoms with Gasteiger partial charge in [0.25, 0.3) is 5.56 Å². The molecule has 2 aromatic carbocycles. The molecule has 0 radical (unpaired) electrons. The van der Waals surface area contributed by atoms with Crippen LogP contribution in [0.4, 0.5) is 5.69 Å². The number of amides is 1. The van der Waals surface area contributed by atoms with Gasteiger partial charge in [-0.3, -0.25) is 14.4 Å². The molecule has 0 aliphatic rings. The van der Waals surface area contributed by atoms with E-state index < -0.39 is 0 Å². The van der Waals surface area contributed by atoms with E-state index in [0.717, 1.165) is 22.0 Å². The normalized spacial score (nSPS) is 10.8. The maximum Gasteiger partial charge on any atom is 0.251 e. The highest BCUT2D eigenvalue weighted by Crippen LogP contribution is 2.18. The van der Waals surface area contributed by atoms with E-state index in [9.17, 15) is 14.4 Å². The van der Waals surface area contributed by atoms with Gasteiger partial charge in [0.2, 0.25) is 5.91 Å². The number of rotatable bonds is 5. The molecule has 0 fully saturated rings. The summed E-state index contributed by atoms with van der Waals surface area (Å²) < 4.78 is 0. The standard InChI is InChI=1S/C22H22N2O3/c1-13-4-6-17-11-18(22(27)24-20(17)10-13)8-9-21(26)23-19-12-16(15(3)25)7-5-14(19)2/h4-7,10-12H,8-9H2,1-3H3,(H,23,26)(H,24,27). The van der Waals surface area contributed by atoms with Gasteiger partial charge in [0.1, 0.15) is 0 Å². The predicted octanol–water partition coefficient (Wildman–Crippen LogP) is 3.92. The molecule has 0 aliphatic carbocycles. The minimum absolute atomic E-state index is 0.0524. The number of H-pyrrole nitrogens is 1. The lowest BCUT2D eigenvalue weighted by Gasteiger charge is -2.10. The number of nitrogens with one attached hydrogen (secondary N) is 2. The number of Topliss-reactive ketones (excluding diaryl/α,β-unsaturated/α-hetero) is 1. The lowest BCUT2D eigenvalue weighted by molar-refractivity contribution is -0.116. The van der Waals surface area contributed by atoms with Crippen LogP contribution >= 0.6 is 0 Å². The zero-order valence-corrected chi connectivity index (χ0v) is 15.7. The quantitative estimate of drug-likeness (QED) is 0.675. The SMILES string of the molecule is CC(=O)c1ccc(C)c(NC(=O)CCc2cc3ccc(C)cc3[nH]c2=O)c1. The van der Waals surface area contributed by atoms with Crippen molar-refractivity contribution in [2.45, 2.75) is 33.6 Å². The molecule has 0 bridgehead atoms. The number of hydrogen-bond acceptors (Lipinski definition) is 3. The third kappa shape index (κ3) is 4.31. The third-order valence-corrected chi connectivity index (χ3v) is 4.62. The molecular weight excluding hydrogens is 340 g/mol. The Labute approximate surface area is 157 Å². The van der Waals surface area contributed by atoms with Crippen LogP contribution in [0.3, 0.4) is 0 Å². The molecule has 27 heavy (non-hydrogen) atoms. The Hall–Kier alpha value is -3.21. The fourth-order valence-electron chi connectivity index (χ4n) is 2.98. The molecular formula is C22H22N2O3. The number of carbonyl (C=O) groups excluding carboxylic acids is 2. The molecule has 0 aliphatic heterocycles. The molecule has 2 N–H and O–H groups in total. The summed E-state index contributed by atoms with van der Waals surface area (Å²) in [7, 11) is 0. The van der Waals surface area contributed by atoms with Gasteiger partial charge >= 0.3 is 0 Å². The van der Waals surface area contributed by atoms with Gasteiger partial charge in [0.15, 0.2) is 5.78 Å². The predicted molar refractivity (Wildman–Crippen MR) is 107 cm³/mol. The Morgan fingerprint density at radius 3 is 2.56 bits per heavy atom. The summed E-state index contributed by atoms with van der Waals surface area (Å²) in [5.41, 5.74) is 4.34. The van der Waals surface area contributed by atoms with Crippen LogP contribution in [0.15, 0.2) is 47.3 Å². The van der Waals surface area contributed by atoms with Crippen LogP contribution in [0, 0.1) is 13.8 Å². The number of hydrogen-bond donors (Lipinski definition) is 2. The summed E-state index contributed by atoms with van der Waals surface area (Å²) in [4.78, 5) is 39.0. The summed E-state index contributed by atoms with van der Waals surface area (Å²) >= 11 is 0. The number of pyridine rings is 1. The van der Waals surface area contributed by atoms with Crippen molar-refractivity contribution < 1.29 is 9.59 Å². The smallest absolute Gasteiger partial charge is 0.251 e. The number of carbonyl (C=O) groups is 2. The van der Waals surface area contributed by atoms with E-state index in [4.69, 9.17) is 0 Å². The second-order valence-corrected chi connectivity index (χ2v) is 6.85. The number of anilines is 1. The first-order valence-electron chi connectivity index (χ1n) is 8.87. The first-order valence-corrected chi connectivity index (χ1v) is 8.87. The van der Waals surface area contributed by atoms with Gasteiger partial charge in [-0.15, -0.1) is 0 Å². The van der Waals surface area contributed by atoms with E-state index >= 15 is 0 Å². The number of fused-ring (bicyclic) bond motifs is 1. The molecule has 0 atom stereocenters. The van der Waals surface area contributed by atoms with E-state index in [1.807, 2.05) is 44.2 Å². The van der Waals surface area contributed by atoms with Crippen molar-refractivity contribution in [1.29, 1.82) is 0 Å². The van der Waals surface area contributed by atoms with Crippen molar-refractivity contribution >= 4 is 28.3 Å². The lowest BCUT2D eigenvalue weighted by Crippen LogP contribution is -2.17. The molecule has 5 heteroatoms. The Kier molecular flexibility index (Phi) is 5.21. The van der Waals surface area contributed by atoms with Gasteiger partial charge in [-0.2, -0.15) is 0 Å². The number of aromatic amines is 1. The first-order chi connectivity index (χ1) is 12.8. The van der Waals surface area contributed by atoms with Gasteiger partial charge in [0.05, 0.1) is 0 Å². The van der Waals surface area contributed by atoms with Crippen molar-refractivity contribution in [3.63, 3.8) is 0 Å². The molecule has 5 nitrogen and oxygen atoms in total. The van der Waals surface area contributed by atoms with Crippen LogP contribution in [-0.2, 0) is 11.2 Å². The van der Waals surface area contributed by atoms with Gasteiger partial charge in [-0.05, 0) is 61.9 Å². The average molecular weight is 362 g/mol. The molecule has 1 aromatic heterocycles. The molecule has 138 valence electrons. The van der Waals surface area contributed by atoms with E-state index in [-0.39, 0.29) is 23.7 Å². The van der Waals surface area contributed by atoms with Crippen LogP contribution in [0.2, 0.25) is 0 Å². The summed E-state index contributed by atoms with van der Waals surface area (Å²) in [6.45, 7) is 5.33. The second-order valence-electron chi connectivity index (χ2n) is 6.85. The lowest BCUT2D eigenvalue weighted by atomic mass is 10.1. The Bertz CT molecular complexity index is 1100. The van der Waals surface area contributed by atoms with E-state index in [0.29, 0.717) is 23.2 Å². The minimum Gasteiger partial charge on any atom is -0.326 e. The fourth-order valence-corrected chi connectivity index (χ4v) is 2.98. The highest BCUT2D eigenvalue weighted by Gasteiger charge is 2.10. The van der Waals surface area contributed by atoms with Crippen molar-refractivity contribution in [1.82, 2.24) is 4.98 Å². The van der Waals surface area contributed by atoms with Crippen molar-refractivity contribution in [3.05, 3.63) is 75.1 Å². The van der Waals surface area contributed by atoms with Crippen LogP contribution in [0.1, 0.15) is 40.4 Å². The third-order valence-electron chi connectivity index (χ3n) is 4.62. The number of aromatic nitrogens is 1. The van der Waals surface area contributed by atoms with Gasteiger partial charge in [-0.1, -0.05) is 24.3 Å². The van der Waals surface area contributed by atoms with E-state index in [1.165, 1.54) is 6.92 Å². The molecule has 0 unspecified atom stereocenters. The Balaban J connectivity index is 1.73. The second kappa shape index (κ2) is 7.58. The summed E-state index contributed by atoms with van der Waals surface area (Å²) in [5.74, 6) is -0.245. The Morgan fingerprint density at radius 1 is 1.04 bits per heavy atom. The van der Waals surface area contributed by atoms with E-state index in [1.54, 1.807) is 12.1 Å². The largest absolute Gasteiger partial charge is 0.326 e. The van der Waals surface area contributed by atoms with Crippen LogP contribution in [0.5, 0.6) is 0 Å². The minimum atomic E-state index is -0.192. The zero-order valence-electron chi connectivity index (χ0n) is 15.7. The molecule has 0 spiro atoms. The molecule has 3 rings (SSSR count). The number of aryl methyl sites for hydroxylation is 3. The average Bonchev–Trinajstić information content (AvgIpc) is 2.61. The highest BCUT2D eigenvalue weighted by atomic mass is 16.1. The van der Waals surface area contributed by atoms with Crippen LogP contribution < -0.4 is 10.9 Å². The van der Waals surface area contributed by atoms with Crippen molar-refractivity contribution in [2.75, 3.05) is 5.32 Å². The van der Waals surface area contributed by atoms with E-state index in [2.05, 4.69) is 10.3 Å². The zero-order chi connectivity index (χ0) is 19.6. The topological polar surface area (TPSA) is 79.0 Å². The number of ketones is 1. The fraction of sp³-hybridized carbons (Fsp3) is 0.227. The molecule has 0 saturated carbocycles. The van der Waals surface area contributed by atoms with Crippen LogP contribution in [0.25, 0.3) is 10.9 Å². The van der Waals surface area contributed by atoms with Crippen molar-refractivity contribution in [2.24, 2.45) is 0 Å². The highest BCUT2D eigenvalue weighted by molar-refractivity contribution is 5.97. The molecule has 3 aromatic rings. The molecule has 1 heterocycles. The maximum atomic E-state index is 12.3. The summed E-state index contributed by atoms with van der Waals surface area (Å²) in [5, 5.41) is 3.78. The molecule has 0 saturated heterocycles. The molecule has 1 amide bonds. The first kappa shape index (κ1) is 18.6. The van der Waals surface area contributed by atoms with Gasteiger partial charge in [0, 0.05) is 28.8 Å². The van der Waals surface area contributed by atoms with Crippen molar-refractivity contribution in [3.8, 4) is 0 Å². The summed E-state index contributed by atoms with van der Waals surface area (Å²) in [6, 6.07) is 12.9. The van der Waals surface area contributed by atoms with Gasteiger partial charge < -0.3 is 10.3 Å². The monoisotopic (exact) mass is 362 g/mol. The Morgan fingerprint density at radius 2 is 1.81 bits per heavy atom. The van der Waals surface area contributed by atoms with Gasteiger partial charge in [-0.25, -0.2) is 0 Å².